The normalized spacial score (nSPS) is 11.6. The molecule has 1 atom stereocenters. The van der Waals surface area contributed by atoms with Crippen molar-refractivity contribution in [2.75, 3.05) is 5.32 Å². The third-order valence-electron chi connectivity index (χ3n) is 3.60. The molecule has 23 heavy (non-hydrogen) atoms. The largest absolute Gasteiger partial charge is 0.331 e. The molecule has 0 saturated carbocycles. The molecule has 0 heterocycles. The zero-order chi connectivity index (χ0) is 17.0. The average Bonchev–Trinajstić information content (AvgIpc) is 2.49. The van der Waals surface area contributed by atoms with E-state index >= 15 is 0 Å². The van der Waals surface area contributed by atoms with E-state index in [1.165, 1.54) is 12.1 Å². The Morgan fingerprint density at radius 1 is 1.17 bits per heavy atom. The summed E-state index contributed by atoms with van der Waals surface area (Å²) in [6.45, 7) is 5.84. The van der Waals surface area contributed by atoms with E-state index in [-0.39, 0.29) is 17.4 Å². The number of hydrogen-bond donors (Lipinski definition) is 2. The summed E-state index contributed by atoms with van der Waals surface area (Å²) in [5.74, 6) is 0. The van der Waals surface area contributed by atoms with Crippen LogP contribution in [0.3, 0.4) is 0 Å². The van der Waals surface area contributed by atoms with Gasteiger partial charge in [0.05, 0.1) is 11.0 Å². The molecule has 120 valence electrons. The number of carbonyl (C=O) groups excluding carboxylic acids is 1. The number of nitro benzene ring substituents is 1. The van der Waals surface area contributed by atoms with Crippen LogP contribution in [0, 0.1) is 24.0 Å². The first-order valence-corrected chi connectivity index (χ1v) is 7.26. The van der Waals surface area contributed by atoms with Crippen molar-refractivity contribution in [1.82, 2.24) is 5.32 Å². The summed E-state index contributed by atoms with van der Waals surface area (Å²) in [4.78, 5) is 22.6. The van der Waals surface area contributed by atoms with Crippen LogP contribution in [0.1, 0.15) is 29.7 Å². The van der Waals surface area contributed by atoms with Gasteiger partial charge in [0, 0.05) is 6.07 Å². The van der Waals surface area contributed by atoms with Crippen molar-refractivity contribution in [3.63, 3.8) is 0 Å². The van der Waals surface area contributed by atoms with Crippen molar-refractivity contribution in [3.8, 4) is 0 Å². The lowest BCUT2D eigenvalue weighted by Gasteiger charge is -2.17. The Balaban J connectivity index is 2.11. The van der Waals surface area contributed by atoms with E-state index in [9.17, 15) is 14.9 Å². The van der Waals surface area contributed by atoms with Gasteiger partial charge < -0.3 is 10.6 Å². The summed E-state index contributed by atoms with van der Waals surface area (Å²) < 4.78 is 0. The van der Waals surface area contributed by atoms with Crippen molar-refractivity contribution in [2.24, 2.45) is 0 Å². The maximum atomic E-state index is 12.1. The molecule has 0 aliphatic rings. The lowest BCUT2D eigenvalue weighted by Crippen LogP contribution is -2.31. The first-order valence-electron chi connectivity index (χ1n) is 7.26. The molecule has 0 fully saturated rings. The number of carbonyl (C=O) groups is 1. The summed E-state index contributed by atoms with van der Waals surface area (Å²) in [5.41, 5.74) is 3.24. The molecule has 6 nitrogen and oxygen atoms in total. The second kappa shape index (κ2) is 6.91. The van der Waals surface area contributed by atoms with Gasteiger partial charge in [-0.1, -0.05) is 35.9 Å². The standard InChI is InChI=1S/C17H19N3O3/c1-11-8-9-12(2)14(10-11)13(3)18-17(21)19-15-6-4-5-7-16(15)20(22)23/h4-10,13H,1-3H3,(H2,18,19,21)/t13-/m0/s1. The van der Waals surface area contributed by atoms with E-state index in [1.807, 2.05) is 39.0 Å². The molecular formula is C17H19N3O3. The number of urea groups is 1. The van der Waals surface area contributed by atoms with Crippen LogP contribution in [0.5, 0.6) is 0 Å². The molecule has 0 saturated heterocycles. The molecule has 0 aliphatic carbocycles. The number of aryl methyl sites for hydroxylation is 2. The molecule has 6 heteroatoms. The number of benzene rings is 2. The zero-order valence-corrected chi connectivity index (χ0v) is 13.3. The van der Waals surface area contributed by atoms with Crippen LogP contribution < -0.4 is 10.6 Å². The quantitative estimate of drug-likeness (QED) is 0.658. The van der Waals surface area contributed by atoms with Crippen LogP contribution in [0.4, 0.5) is 16.2 Å². The van der Waals surface area contributed by atoms with Gasteiger partial charge in [-0.3, -0.25) is 10.1 Å². The van der Waals surface area contributed by atoms with E-state index in [1.54, 1.807) is 12.1 Å². The van der Waals surface area contributed by atoms with E-state index < -0.39 is 11.0 Å². The van der Waals surface area contributed by atoms with Gasteiger partial charge in [0.1, 0.15) is 5.69 Å². The number of nitrogens with one attached hydrogen (secondary N) is 2. The predicted octanol–water partition coefficient (Wildman–Crippen LogP) is 4.09. The third kappa shape index (κ3) is 4.06. The highest BCUT2D eigenvalue weighted by molar-refractivity contribution is 5.92. The predicted molar refractivity (Wildman–Crippen MR) is 89.6 cm³/mol. The smallest absolute Gasteiger partial charge is 0.319 e. The van der Waals surface area contributed by atoms with Crippen LogP contribution in [-0.2, 0) is 0 Å². The van der Waals surface area contributed by atoms with Crippen LogP contribution >= 0.6 is 0 Å². The Bertz CT molecular complexity index is 744. The number of amides is 2. The summed E-state index contributed by atoms with van der Waals surface area (Å²) in [6.07, 6.45) is 0. The second-order valence-electron chi connectivity index (χ2n) is 5.45. The summed E-state index contributed by atoms with van der Waals surface area (Å²) >= 11 is 0. The van der Waals surface area contributed by atoms with Crippen LogP contribution in [-0.4, -0.2) is 11.0 Å². The first-order chi connectivity index (χ1) is 10.9. The molecule has 2 aromatic rings. The fourth-order valence-corrected chi connectivity index (χ4v) is 2.40. The third-order valence-corrected chi connectivity index (χ3v) is 3.60. The summed E-state index contributed by atoms with van der Waals surface area (Å²) in [5, 5.41) is 16.3. The number of rotatable bonds is 4. The van der Waals surface area contributed by atoms with Gasteiger partial charge in [-0.25, -0.2) is 4.79 Å². The van der Waals surface area contributed by atoms with Crippen molar-refractivity contribution < 1.29 is 9.72 Å². The number of anilines is 1. The minimum atomic E-state index is -0.524. The maximum absolute atomic E-state index is 12.1. The second-order valence-corrected chi connectivity index (χ2v) is 5.45. The Hall–Kier alpha value is -2.89. The highest BCUT2D eigenvalue weighted by Crippen LogP contribution is 2.24. The molecule has 2 aromatic carbocycles. The Kier molecular flexibility index (Phi) is 4.95. The monoisotopic (exact) mass is 313 g/mol. The van der Waals surface area contributed by atoms with Gasteiger partial charge in [0.15, 0.2) is 0 Å². The van der Waals surface area contributed by atoms with Crippen LogP contribution in [0.15, 0.2) is 42.5 Å². The molecule has 0 aromatic heterocycles. The molecule has 2 rings (SSSR count). The van der Waals surface area contributed by atoms with Gasteiger partial charge in [-0.2, -0.15) is 0 Å². The van der Waals surface area contributed by atoms with Gasteiger partial charge >= 0.3 is 6.03 Å². The average molecular weight is 313 g/mol. The fraction of sp³-hybridized carbons (Fsp3) is 0.235. The number of hydrogen-bond acceptors (Lipinski definition) is 3. The SMILES string of the molecule is Cc1ccc(C)c([C@H](C)NC(=O)Nc2ccccc2[N+](=O)[O-])c1. The van der Waals surface area contributed by atoms with Crippen molar-refractivity contribution in [2.45, 2.75) is 26.8 Å². The fourth-order valence-electron chi connectivity index (χ4n) is 2.40. The lowest BCUT2D eigenvalue weighted by molar-refractivity contribution is -0.383. The van der Waals surface area contributed by atoms with E-state index in [4.69, 9.17) is 0 Å². The molecule has 0 radical (unpaired) electrons. The van der Waals surface area contributed by atoms with Crippen molar-refractivity contribution in [3.05, 3.63) is 69.3 Å². The van der Waals surface area contributed by atoms with Gasteiger partial charge in [0.25, 0.3) is 5.69 Å². The Morgan fingerprint density at radius 3 is 2.57 bits per heavy atom. The Labute approximate surface area is 134 Å². The molecule has 0 bridgehead atoms. The van der Waals surface area contributed by atoms with Gasteiger partial charge in [-0.05, 0) is 38.0 Å². The molecule has 0 aliphatic heterocycles. The number of nitrogens with zero attached hydrogens (tertiary/aromatic N) is 1. The van der Waals surface area contributed by atoms with Gasteiger partial charge in [0.2, 0.25) is 0 Å². The summed E-state index contributed by atoms with van der Waals surface area (Å²) in [7, 11) is 0. The Morgan fingerprint density at radius 2 is 1.87 bits per heavy atom. The molecular weight excluding hydrogens is 294 g/mol. The van der Waals surface area contributed by atoms with Gasteiger partial charge in [-0.15, -0.1) is 0 Å². The molecule has 2 N–H and O–H groups in total. The van der Waals surface area contributed by atoms with E-state index in [2.05, 4.69) is 10.6 Å². The topological polar surface area (TPSA) is 84.3 Å². The lowest BCUT2D eigenvalue weighted by atomic mass is 10.0. The highest BCUT2D eigenvalue weighted by Gasteiger charge is 2.17. The van der Waals surface area contributed by atoms with Crippen molar-refractivity contribution in [1.29, 1.82) is 0 Å². The van der Waals surface area contributed by atoms with E-state index in [0.717, 1.165) is 16.7 Å². The molecule has 0 unspecified atom stereocenters. The first kappa shape index (κ1) is 16.5. The van der Waals surface area contributed by atoms with Crippen LogP contribution in [0.25, 0.3) is 0 Å². The number of para-hydroxylation sites is 2. The number of nitro groups is 1. The minimum absolute atomic E-state index is 0.137. The minimum Gasteiger partial charge on any atom is -0.331 e. The van der Waals surface area contributed by atoms with Crippen LogP contribution in [0.2, 0.25) is 0 Å². The molecule has 2 amide bonds. The maximum Gasteiger partial charge on any atom is 0.319 e. The van der Waals surface area contributed by atoms with E-state index in [0.29, 0.717) is 0 Å². The summed E-state index contributed by atoms with van der Waals surface area (Å²) in [6, 6.07) is 11.4. The molecule has 0 spiro atoms. The van der Waals surface area contributed by atoms with Crippen molar-refractivity contribution >= 4 is 17.4 Å². The highest BCUT2D eigenvalue weighted by atomic mass is 16.6. The zero-order valence-electron chi connectivity index (χ0n) is 13.3.